The highest BCUT2D eigenvalue weighted by Crippen LogP contribution is 2.26. The van der Waals surface area contributed by atoms with Crippen molar-refractivity contribution in [3.63, 3.8) is 0 Å². The summed E-state index contributed by atoms with van der Waals surface area (Å²) in [5, 5.41) is 19.9. The lowest BCUT2D eigenvalue weighted by atomic mass is 9.89. The molecule has 0 aliphatic rings. The number of rotatable bonds is 7. The third-order valence-electron chi connectivity index (χ3n) is 3.65. The smallest absolute Gasteiger partial charge is 0.177 e. The van der Waals surface area contributed by atoms with Crippen LogP contribution in [0.25, 0.3) is 0 Å². The van der Waals surface area contributed by atoms with Crippen molar-refractivity contribution in [2.45, 2.75) is 64.9 Å². The van der Waals surface area contributed by atoms with Gasteiger partial charge in [0.1, 0.15) is 6.07 Å². The van der Waals surface area contributed by atoms with Crippen LogP contribution in [-0.4, -0.2) is 5.11 Å². The van der Waals surface area contributed by atoms with Gasteiger partial charge in [0, 0.05) is 19.3 Å². The van der Waals surface area contributed by atoms with Crippen LogP contribution in [0.4, 0.5) is 0 Å². The zero-order valence-corrected chi connectivity index (χ0v) is 14.0. The summed E-state index contributed by atoms with van der Waals surface area (Å²) in [5.74, 6) is 6.75. The van der Waals surface area contributed by atoms with E-state index >= 15 is 0 Å². The van der Waals surface area contributed by atoms with E-state index in [4.69, 9.17) is 0 Å². The van der Waals surface area contributed by atoms with Gasteiger partial charge in [0.15, 0.2) is 5.60 Å². The molecule has 1 atom stereocenters. The quantitative estimate of drug-likeness (QED) is 0.455. The second-order valence-corrected chi connectivity index (χ2v) is 6.22. The third kappa shape index (κ3) is 5.92. The summed E-state index contributed by atoms with van der Waals surface area (Å²) in [7, 11) is 0. The zero-order valence-electron chi connectivity index (χ0n) is 14.0. The van der Waals surface area contributed by atoms with Crippen LogP contribution in [0.5, 0.6) is 0 Å². The third-order valence-corrected chi connectivity index (χ3v) is 3.65. The molecular formula is C20H27NO. The van der Waals surface area contributed by atoms with Crippen LogP contribution < -0.4 is 0 Å². The molecule has 2 nitrogen and oxygen atoms in total. The summed E-state index contributed by atoms with van der Waals surface area (Å²) in [6.45, 7) is 6.49. The molecule has 0 aliphatic carbocycles. The lowest BCUT2D eigenvalue weighted by molar-refractivity contribution is 0.0896. The van der Waals surface area contributed by atoms with Crippen LogP contribution >= 0.6 is 0 Å². The molecule has 0 saturated heterocycles. The molecule has 1 aromatic carbocycles. The first-order valence-corrected chi connectivity index (χ1v) is 8.20. The van der Waals surface area contributed by atoms with Gasteiger partial charge in [-0.2, -0.15) is 5.26 Å². The lowest BCUT2D eigenvalue weighted by Crippen LogP contribution is -2.23. The van der Waals surface area contributed by atoms with Crippen molar-refractivity contribution in [2.24, 2.45) is 5.92 Å². The van der Waals surface area contributed by atoms with Gasteiger partial charge in [-0.05, 0) is 29.9 Å². The number of hydrogen-bond donors (Lipinski definition) is 1. The SMILES string of the molecule is CCCCC#CCCC(O)(C#N)c1ccc(CC(C)C)cc1. The van der Waals surface area contributed by atoms with Gasteiger partial charge in [-0.1, -0.05) is 51.5 Å². The highest BCUT2D eigenvalue weighted by atomic mass is 16.3. The molecule has 1 rings (SSSR count). The molecule has 1 unspecified atom stereocenters. The minimum atomic E-state index is -1.43. The van der Waals surface area contributed by atoms with E-state index in [-0.39, 0.29) is 0 Å². The zero-order chi connectivity index (χ0) is 16.4. The van der Waals surface area contributed by atoms with E-state index in [9.17, 15) is 10.4 Å². The normalized spacial score (nSPS) is 13.1. The van der Waals surface area contributed by atoms with Crippen molar-refractivity contribution in [1.82, 2.24) is 0 Å². The average Bonchev–Trinajstić information content (AvgIpc) is 2.50. The van der Waals surface area contributed by atoms with Gasteiger partial charge >= 0.3 is 0 Å². The molecule has 0 bridgehead atoms. The Morgan fingerprint density at radius 3 is 2.32 bits per heavy atom. The Balaban J connectivity index is 2.68. The fraction of sp³-hybridized carbons (Fsp3) is 0.550. The first-order valence-electron chi connectivity index (χ1n) is 8.20. The van der Waals surface area contributed by atoms with Gasteiger partial charge in [-0.25, -0.2) is 0 Å². The molecule has 0 aliphatic heterocycles. The second-order valence-electron chi connectivity index (χ2n) is 6.22. The topological polar surface area (TPSA) is 44.0 Å². The number of nitriles is 1. The van der Waals surface area contributed by atoms with Gasteiger partial charge in [-0.15, -0.1) is 11.8 Å². The molecule has 118 valence electrons. The summed E-state index contributed by atoms with van der Waals surface area (Å²) >= 11 is 0. The number of nitrogens with zero attached hydrogens (tertiary/aromatic N) is 1. The van der Waals surface area contributed by atoms with Crippen LogP contribution in [-0.2, 0) is 12.0 Å². The molecule has 0 saturated carbocycles. The van der Waals surface area contributed by atoms with E-state index in [0.717, 1.165) is 25.7 Å². The molecule has 1 aromatic rings. The number of benzene rings is 1. The fourth-order valence-corrected chi connectivity index (χ4v) is 2.34. The average molecular weight is 297 g/mol. The van der Waals surface area contributed by atoms with Crippen LogP contribution in [0.2, 0.25) is 0 Å². The molecular weight excluding hydrogens is 270 g/mol. The molecule has 0 spiro atoms. The van der Waals surface area contributed by atoms with Crippen molar-refractivity contribution >= 4 is 0 Å². The summed E-state index contributed by atoms with van der Waals surface area (Å²) in [5.41, 5.74) is 0.465. The largest absolute Gasteiger partial charge is 0.371 e. The fourth-order valence-electron chi connectivity index (χ4n) is 2.34. The van der Waals surface area contributed by atoms with Gasteiger partial charge < -0.3 is 5.11 Å². The molecule has 0 amide bonds. The van der Waals surface area contributed by atoms with Crippen LogP contribution in [0.3, 0.4) is 0 Å². The van der Waals surface area contributed by atoms with E-state index < -0.39 is 5.60 Å². The Labute approximate surface area is 135 Å². The van der Waals surface area contributed by atoms with Gasteiger partial charge in [0.25, 0.3) is 0 Å². The van der Waals surface area contributed by atoms with E-state index in [0.29, 0.717) is 24.3 Å². The number of hydrogen-bond acceptors (Lipinski definition) is 2. The number of unbranched alkanes of at least 4 members (excludes halogenated alkanes) is 2. The molecule has 0 fully saturated rings. The second kappa shape index (κ2) is 9.29. The van der Waals surface area contributed by atoms with Crippen molar-refractivity contribution < 1.29 is 5.11 Å². The van der Waals surface area contributed by atoms with Crippen molar-refractivity contribution in [3.8, 4) is 17.9 Å². The van der Waals surface area contributed by atoms with Crippen molar-refractivity contribution in [2.75, 3.05) is 0 Å². The predicted molar refractivity (Wildman–Crippen MR) is 91.0 cm³/mol. The maximum absolute atomic E-state index is 10.5. The summed E-state index contributed by atoms with van der Waals surface area (Å²) in [6, 6.07) is 9.79. The van der Waals surface area contributed by atoms with Gasteiger partial charge in [0.05, 0.1) is 0 Å². The molecule has 22 heavy (non-hydrogen) atoms. The lowest BCUT2D eigenvalue weighted by Gasteiger charge is -2.20. The monoisotopic (exact) mass is 297 g/mol. The van der Waals surface area contributed by atoms with E-state index in [1.807, 2.05) is 30.3 Å². The molecule has 0 heterocycles. The molecule has 0 radical (unpaired) electrons. The highest BCUT2D eigenvalue weighted by molar-refractivity contribution is 5.32. The van der Waals surface area contributed by atoms with E-state index in [2.05, 4.69) is 32.6 Å². The van der Waals surface area contributed by atoms with Crippen LogP contribution in [0.15, 0.2) is 24.3 Å². The minimum Gasteiger partial charge on any atom is -0.371 e. The van der Waals surface area contributed by atoms with E-state index in [1.165, 1.54) is 5.56 Å². The van der Waals surface area contributed by atoms with E-state index in [1.54, 1.807) is 0 Å². The number of aliphatic hydroxyl groups is 1. The Kier molecular flexibility index (Phi) is 7.72. The molecule has 2 heteroatoms. The minimum absolute atomic E-state index is 0.353. The standard InChI is InChI=1S/C20H27NO/c1-4-5-6-7-8-9-14-20(22,16-21)19-12-10-18(11-13-19)15-17(2)3/h10-13,17,22H,4-6,9,14-15H2,1-3H3. The Bertz CT molecular complexity index is 542. The Morgan fingerprint density at radius 2 is 1.77 bits per heavy atom. The van der Waals surface area contributed by atoms with Gasteiger partial charge in [0.2, 0.25) is 0 Å². The van der Waals surface area contributed by atoms with Crippen LogP contribution in [0.1, 0.15) is 64.0 Å². The molecule has 0 aromatic heterocycles. The Hall–Kier alpha value is -1.77. The van der Waals surface area contributed by atoms with Crippen molar-refractivity contribution in [1.29, 1.82) is 5.26 Å². The van der Waals surface area contributed by atoms with Crippen molar-refractivity contribution in [3.05, 3.63) is 35.4 Å². The first-order chi connectivity index (χ1) is 10.5. The van der Waals surface area contributed by atoms with Gasteiger partial charge in [-0.3, -0.25) is 0 Å². The maximum atomic E-state index is 10.5. The predicted octanol–water partition coefficient (Wildman–Crippen LogP) is 4.57. The highest BCUT2D eigenvalue weighted by Gasteiger charge is 2.28. The Morgan fingerprint density at radius 1 is 1.14 bits per heavy atom. The summed E-state index contributed by atoms with van der Waals surface area (Å²) < 4.78 is 0. The molecule has 1 N–H and O–H groups in total. The summed E-state index contributed by atoms with van der Waals surface area (Å²) in [6.07, 6.45) is 5.04. The maximum Gasteiger partial charge on any atom is 0.177 e. The summed E-state index contributed by atoms with van der Waals surface area (Å²) in [4.78, 5) is 0. The first kappa shape index (κ1) is 18.3. The van der Waals surface area contributed by atoms with Crippen LogP contribution in [0, 0.1) is 29.1 Å².